The minimum Gasteiger partial charge on any atom is -0.383 e. The third-order valence-electron chi connectivity index (χ3n) is 4.47. The summed E-state index contributed by atoms with van der Waals surface area (Å²) in [7, 11) is 1.69. The van der Waals surface area contributed by atoms with Gasteiger partial charge in [0.15, 0.2) is 11.5 Å². The average molecular weight is 347 g/mol. The number of ether oxygens (including phenoxy) is 1. The standard InChI is InChI=1S/C20H21N5O/c1-13-8-9-17-16(12-13)19-24-23-18(15-7-5-4-6-14(15)2)25(19)20(22-17)21-10-11-26-3/h4-9,12H,10-11H2,1-3H3,(H,21,22). The number of nitrogens with zero attached hydrogens (tertiary/aromatic N) is 4. The van der Waals surface area contributed by atoms with E-state index >= 15 is 0 Å². The number of fused-ring (bicyclic) bond motifs is 3. The summed E-state index contributed by atoms with van der Waals surface area (Å²) in [5, 5.41) is 13.3. The number of aryl methyl sites for hydroxylation is 2. The molecule has 0 unspecified atom stereocenters. The number of methoxy groups -OCH3 is 1. The molecule has 6 heteroatoms. The number of aromatic nitrogens is 4. The van der Waals surface area contributed by atoms with Gasteiger partial charge in [-0.1, -0.05) is 35.9 Å². The quantitative estimate of drug-likeness (QED) is 0.559. The minimum absolute atomic E-state index is 0.594. The van der Waals surface area contributed by atoms with Crippen molar-refractivity contribution in [2.24, 2.45) is 0 Å². The Morgan fingerprint density at radius 3 is 2.73 bits per heavy atom. The summed E-state index contributed by atoms with van der Waals surface area (Å²) in [5.74, 6) is 1.51. The SMILES string of the molecule is COCCNc1nc2ccc(C)cc2c2nnc(-c3ccccc3C)n12. The Morgan fingerprint density at radius 2 is 1.92 bits per heavy atom. The second-order valence-corrected chi connectivity index (χ2v) is 6.37. The third-order valence-corrected chi connectivity index (χ3v) is 4.47. The number of rotatable bonds is 5. The van der Waals surface area contributed by atoms with Crippen LogP contribution in [0.25, 0.3) is 27.9 Å². The Morgan fingerprint density at radius 1 is 1.08 bits per heavy atom. The Kier molecular flexibility index (Phi) is 4.26. The highest BCUT2D eigenvalue weighted by molar-refractivity contribution is 5.93. The van der Waals surface area contributed by atoms with E-state index < -0.39 is 0 Å². The molecule has 0 aliphatic heterocycles. The van der Waals surface area contributed by atoms with Crippen LogP contribution in [0.5, 0.6) is 0 Å². The van der Waals surface area contributed by atoms with E-state index in [1.54, 1.807) is 7.11 Å². The van der Waals surface area contributed by atoms with Crippen molar-refractivity contribution < 1.29 is 4.74 Å². The van der Waals surface area contributed by atoms with Crippen LogP contribution >= 0.6 is 0 Å². The molecule has 2 heterocycles. The van der Waals surface area contributed by atoms with Crippen LogP contribution in [-0.4, -0.2) is 39.8 Å². The average Bonchev–Trinajstić information content (AvgIpc) is 3.08. The number of hydrogen-bond acceptors (Lipinski definition) is 5. The summed E-state index contributed by atoms with van der Waals surface area (Å²) in [6, 6.07) is 14.4. The van der Waals surface area contributed by atoms with E-state index in [9.17, 15) is 0 Å². The van der Waals surface area contributed by atoms with Crippen molar-refractivity contribution in [1.82, 2.24) is 19.6 Å². The van der Waals surface area contributed by atoms with E-state index in [1.807, 2.05) is 22.6 Å². The van der Waals surface area contributed by atoms with Gasteiger partial charge in [-0.3, -0.25) is 0 Å². The van der Waals surface area contributed by atoms with Crippen molar-refractivity contribution in [1.29, 1.82) is 0 Å². The van der Waals surface area contributed by atoms with Gasteiger partial charge in [0.1, 0.15) is 0 Å². The molecule has 0 aliphatic rings. The van der Waals surface area contributed by atoms with Crippen molar-refractivity contribution in [3.05, 3.63) is 53.6 Å². The van der Waals surface area contributed by atoms with Crippen molar-refractivity contribution in [2.45, 2.75) is 13.8 Å². The van der Waals surface area contributed by atoms with Gasteiger partial charge in [-0.05, 0) is 31.5 Å². The Bertz CT molecular complexity index is 1090. The molecule has 4 rings (SSSR count). The van der Waals surface area contributed by atoms with Gasteiger partial charge in [0.25, 0.3) is 0 Å². The van der Waals surface area contributed by atoms with E-state index in [4.69, 9.17) is 9.72 Å². The van der Waals surface area contributed by atoms with E-state index in [-0.39, 0.29) is 0 Å². The molecule has 2 aromatic carbocycles. The minimum atomic E-state index is 0.594. The number of nitrogens with one attached hydrogen (secondary N) is 1. The van der Waals surface area contributed by atoms with Crippen LogP contribution in [-0.2, 0) is 4.74 Å². The summed E-state index contributed by atoms with van der Waals surface area (Å²) < 4.78 is 7.16. The maximum Gasteiger partial charge on any atom is 0.211 e. The zero-order chi connectivity index (χ0) is 18.1. The molecule has 0 bridgehead atoms. The first kappa shape index (κ1) is 16.5. The third kappa shape index (κ3) is 2.78. The predicted molar refractivity (Wildman–Crippen MR) is 104 cm³/mol. The predicted octanol–water partition coefficient (Wildman–Crippen LogP) is 3.62. The fraction of sp³-hybridized carbons (Fsp3) is 0.250. The lowest BCUT2D eigenvalue weighted by molar-refractivity contribution is 0.210. The first-order valence-corrected chi connectivity index (χ1v) is 8.63. The van der Waals surface area contributed by atoms with Crippen molar-refractivity contribution >= 4 is 22.5 Å². The van der Waals surface area contributed by atoms with Crippen molar-refractivity contribution in [3.8, 4) is 11.4 Å². The first-order valence-electron chi connectivity index (χ1n) is 8.63. The summed E-state index contributed by atoms with van der Waals surface area (Å²) in [4.78, 5) is 4.82. The lowest BCUT2D eigenvalue weighted by Crippen LogP contribution is -2.13. The molecule has 0 fully saturated rings. The lowest BCUT2D eigenvalue weighted by atomic mass is 10.1. The second-order valence-electron chi connectivity index (χ2n) is 6.37. The molecular formula is C20H21N5O. The van der Waals surface area contributed by atoms with E-state index in [2.05, 4.69) is 53.6 Å². The summed E-state index contributed by atoms with van der Waals surface area (Å²) >= 11 is 0. The zero-order valence-corrected chi connectivity index (χ0v) is 15.2. The molecule has 26 heavy (non-hydrogen) atoms. The molecule has 0 aliphatic carbocycles. The fourth-order valence-corrected chi connectivity index (χ4v) is 3.13. The highest BCUT2D eigenvalue weighted by Gasteiger charge is 2.17. The van der Waals surface area contributed by atoms with Crippen LogP contribution < -0.4 is 5.32 Å². The van der Waals surface area contributed by atoms with E-state index in [0.717, 1.165) is 39.4 Å². The van der Waals surface area contributed by atoms with Crippen molar-refractivity contribution in [3.63, 3.8) is 0 Å². The van der Waals surface area contributed by atoms with Crippen LogP contribution in [0.3, 0.4) is 0 Å². The van der Waals surface area contributed by atoms with Gasteiger partial charge < -0.3 is 10.1 Å². The molecule has 0 spiro atoms. The van der Waals surface area contributed by atoms with Crippen LogP contribution in [0, 0.1) is 13.8 Å². The summed E-state index contributed by atoms with van der Waals surface area (Å²) in [6.45, 7) is 5.39. The van der Waals surface area contributed by atoms with Gasteiger partial charge in [0.05, 0.1) is 12.1 Å². The molecule has 6 nitrogen and oxygen atoms in total. The first-order chi connectivity index (χ1) is 12.7. The van der Waals surface area contributed by atoms with Gasteiger partial charge in [-0.15, -0.1) is 10.2 Å². The molecule has 0 atom stereocenters. The number of hydrogen-bond donors (Lipinski definition) is 1. The zero-order valence-electron chi connectivity index (χ0n) is 15.2. The van der Waals surface area contributed by atoms with Crippen LogP contribution in [0.15, 0.2) is 42.5 Å². The smallest absolute Gasteiger partial charge is 0.211 e. The summed E-state index contributed by atoms with van der Waals surface area (Å²) in [5.41, 5.74) is 5.06. The molecule has 0 radical (unpaired) electrons. The van der Waals surface area contributed by atoms with Gasteiger partial charge in [-0.2, -0.15) is 0 Å². The molecule has 132 valence electrons. The van der Waals surface area contributed by atoms with Gasteiger partial charge in [-0.25, -0.2) is 9.38 Å². The monoisotopic (exact) mass is 347 g/mol. The largest absolute Gasteiger partial charge is 0.383 e. The second kappa shape index (κ2) is 6.72. The molecular weight excluding hydrogens is 326 g/mol. The molecule has 0 saturated heterocycles. The van der Waals surface area contributed by atoms with Crippen LogP contribution in [0.2, 0.25) is 0 Å². The van der Waals surface area contributed by atoms with Crippen LogP contribution in [0.1, 0.15) is 11.1 Å². The van der Waals surface area contributed by atoms with E-state index in [1.165, 1.54) is 5.56 Å². The van der Waals surface area contributed by atoms with Gasteiger partial charge >= 0.3 is 0 Å². The summed E-state index contributed by atoms with van der Waals surface area (Å²) in [6.07, 6.45) is 0. The lowest BCUT2D eigenvalue weighted by Gasteiger charge is -2.12. The van der Waals surface area contributed by atoms with Crippen molar-refractivity contribution in [2.75, 3.05) is 25.6 Å². The Labute approximate surface area is 151 Å². The molecule has 2 aromatic heterocycles. The maximum atomic E-state index is 5.16. The highest BCUT2D eigenvalue weighted by atomic mass is 16.5. The van der Waals surface area contributed by atoms with Crippen LogP contribution in [0.4, 0.5) is 5.95 Å². The van der Waals surface area contributed by atoms with E-state index in [0.29, 0.717) is 13.2 Å². The number of benzene rings is 2. The molecule has 1 N–H and O–H groups in total. The number of anilines is 1. The maximum absolute atomic E-state index is 5.16. The topological polar surface area (TPSA) is 64.3 Å². The Balaban J connectivity index is 2.00. The molecule has 0 amide bonds. The normalized spacial score (nSPS) is 11.3. The molecule has 4 aromatic rings. The molecule has 0 saturated carbocycles. The van der Waals surface area contributed by atoms with Gasteiger partial charge in [0, 0.05) is 24.6 Å². The van der Waals surface area contributed by atoms with Gasteiger partial charge in [0.2, 0.25) is 5.95 Å². The fourth-order valence-electron chi connectivity index (χ4n) is 3.13. The highest BCUT2D eigenvalue weighted by Crippen LogP contribution is 2.28. The Hall–Kier alpha value is -2.99.